The zero-order chi connectivity index (χ0) is 20.9. The summed E-state index contributed by atoms with van der Waals surface area (Å²) in [5, 5.41) is 11.9. The Morgan fingerprint density at radius 2 is 2.03 bits per heavy atom. The molecule has 1 N–H and O–H groups in total. The fourth-order valence-corrected chi connectivity index (χ4v) is 4.14. The minimum absolute atomic E-state index is 0.134. The maximum absolute atomic E-state index is 12.5. The first-order valence-corrected chi connectivity index (χ1v) is 11.4. The summed E-state index contributed by atoms with van der Waals surface area (Å²) >= 11 is 10.7. The van der Waals surface area contributed by atoms with E-state index in [4.69, 9.17) is 20.8 Å². The third-order valence-electron chi connectivity index (χ3n) is 4.39. The molecular formula is C20H18BrClN4O3S. The van der Waals surface area contributed by atoms with Crippen LogP contribution in [0.4, 0.5) is 11.4 Å². The van der Waals surface area contributed by atoms with Crippen LogP contribution in [-0.4, -0.2) is 48.2 Å². The molecule has 0 saturated carbocycles. The van der Waals surface area contributed by atoms with Crippen LogP contribution >= 0.6 is 39.3 Å². The molecule has 1 saturated heterocycles. The van der Waals surface area contributed by atoms with Gasteiger partial charge in [0.05, 0.1) is 30.3 Å². The van der Waals surface area contributed by atoms with E-state index in [0.29, 0.717) is 35.0 Å². The number of rotatable bonds is 6. The van der Waals surface area contributed by atoms with Gasteiger partial charge in [0.25, 0.3) is 5.22 Å². The molecule has 0 unspecified atom stereocenters. The topological polar surface area (TPSA) is 80.5 Å². The molecule has 2 aromatic carbocycles. The number of aromatic nitrogens is 2. The van der Waals surface area contributed by atoms with Crippen molar-refractivity contribution in [2.24, 2.45) is 0 Å². The van der Waals surface area contributed by atoms with E-state index in [1.165, 1.54) is 11.8 Å². The summed E-state index contributed by atoms with van der Waals surface area (Å²) in [6.07, 6.45) is 0. The van der Waals surface area contributed by atoms with Crippen molar-refractivity contribution in [2.75, 3.05) is 42.3 Å². The van der Waals surface area contributed by atoms with Gasteiger partial charge in [-0.3, -0.25) is 4.79 Å². The van der Waals surface area contributed by atoms with Gasteiger partial charge in [-0.05, 0) is 36.4 Å². The lowest BCUT2D eigenvalue weighted by Gasteiger charge is -2.30. The first-order valence-electron chi connectivity index (χ1n) is 9.23. The molecule has 1 aliphatic rings. The van der Waals surface area contributed by atoms with Gasteiger partial charge >= 0.3 is 0 Å². The molecule has 1 amide bonds. The summed E-state index contributed by atoms with van der Waals surface area (Å²) in [6.45, 7) is 2.84. The van der Waals surface area contributed by atoms with Gasteiger partial charge in [0.1, 0.15) is 0 Å². The lowest BCUT2D eigenvalue weighted by molar-refractivity contribution is -0.113. The van der Waals surface area contributed by atoms with Crippen molar-refractivity contribution in [3.05, 3.63) is 52.0 Å². The minimum Gasteiger partial charge on any atom is -0.411 e. The molecule has 1 fully saturated rings. The molecule has 3 aromatic rings. The largest absolute Gasteiger partial charge is 0.411 e. The van der Waals surface area contributed by atoms with Crippen molar-refractivity contribution in [3.8, 4) is 11.5 Å². The summed E-state index contributed by atoms with van der Waals surface area (Å²) < 4.78 is 12.0. The summed E-state index contributed by atoms with van der Waals surface area (Å²) in [4.78, 5) is 14.7. The Hall–Kier alpha value is -2.07. The molecule has 0 radical (unpaired) electrons. The van der Waals surface area contributed by atoms with Gasteiger partial charge in [0.15, 0.2) is 0 Å². The Morgan fingerprint density at radius 3 is 2.83 bits per heavy atom. The molecule has 4 rings (SSSR count). The van der Waals surface area contributed by atoms with E-state index in [9.17, 15) is 4.79 Å². The molecule has 156 valence electrons. The number of nitrogens with zero attached hydrogens (tertiary/aromatic N) is 3. The summed E-state index contributed by atoms with van der Waals surface area (Å²) in [7, 11) is 0. The van der Waals surface area contributed by atoms with Crippen LogP contribution < -0.4 is 10.2 Å². The van der Waals surface area contributed by atoms with Crippen molar-refractivity contribution >= 4 is 56.6 Å². The van der Waals surface area contributed by atoms with Gasteiger partial charge in [-0.1, -0.05) is 45.4 Å². The Kier molecular flexibility index (Phi) is 6.93. The Labute approximate surface area is 191 Å². The Balaban J connectivity index is 1.39. The average molecular weight is 510 g/mol. The normalized spacial score (nSPS) is 14.0. The number of carbonyl (C=O) groups excluding carboxylic acids is 1. The van der Waals surface area contributed by atoms with Crippen molar-refractivity contribution in [2.45, 2.75) is 5.22 Å². The van der Waals surface area contributed by atoms with Crippen LogP contribution in [0.2, 0.25) is 5.02 Å². The number of halogens is 2. The van der Waals surface area contributed by atoms with Gasteiger partial charge in [-0.2, -0.15) is 0 Å². The van der Waals surface area contributed by atoms with Crippen molar-refractivity contribution in [1.82, 2.24) is 10.2 Å². The maximum atomic E-state index is 12.5. The van der Waals surface area contributed by atoms with Crippen LogP contribution in [0.1, 0.15) is 0 Å². The molecule has 0 spiro atoms. The zero-order valence-electron chi connectivity index (χ0n) is 15.8. The second-order valence-corrected chi connectivity index (χ2v) is 8.76. The fourth-order valence-electron chi connectivity index (χ4n) is 3.01. The Bertz CT molecular complexity index is 1040. The third kappa shape index (κ3) is 5.34. The van der Waals surface area contributed by atoms with E-state index in [1.54, 1.807) is 6.07 Å². The lowest BCUT2D eigenvalue weighted by Crippen LogP contribution is -2.36. The number of ether oxygens (including phenoxy) is 1. The maximum Gasteiger partial charge on any atom is 0.277 e. The fraction of sp³-hybridized carbons (Fsp3) is 0.250. The van der Waals surface area contributed by atoms with Crippen LogP contribution in [0, 0.1) is 0 Å². The number of carbonyl (C=O) groups is 1. The van der Waals surface area contributed by atoms with Crippen LogP contribution in [0.15, 0.2) is 56.6 Å². The van der Waals surface area contributed by atoms with Crippen LogP contribution in [0.5, 0.6) is 0 Å². The molecule has 2 heterocycles. The van der Waals surface area contributed by atoms with Gasteiger partial charge in [0.2, 0.25) is 11.8 Å². The van der Waals surface area contributed by atoms with Crippen molar-refractivity contribution in [3.63, 3.8) is 0 Å². The highest BCUT2D eigenvalue weighted by molar-refractivity contribution is 9.10. The first kappa shape index (κ1) is 21.2. The summed E-state index contributed by atoms with van der Waals surface area (Å²) in [6, 6.07) is 13.1. The zero-order valence-corrected chi connectivity index (χ0v) is 19.0. The van der Waals surface area contributed by atoms with Gasteiger partial charge in [-0.25, -0.2) is 0 Å². The number of amides is 1. The van der Waals surface area contributed by atoms with E-state index in [-0.39, 0.29) is 11.7 Å². The molecule has 30 heavy (non-hydrogen) atoms. The number of anilines is 2. The standard InChI is InChI=1S/C20H18BrClN4O3S/c21-14-3-1-2-13(10-14)19-24-25-20(29-19)30-12-18(27)23-16-11-15(22)4-5-17(16)26-6-8-28-9-7-26/h1-5,10-11H,6-9,12H2,(H,23,27). The van der Waals surface area contributed by atoms with E-state index >= 15 is 0 Å². The van der Waals surface area contributed by atoms with Crippen molar-refractivity contribution in [1.29, 1.82) is 0 Å². The summed E-state index contributed by atoms with van der Waals surface area (Å²) in [5.41, 5.74) is 2.41. The molecule has 10 heteroatoms. The highest BCUT2D eigenvalue weighted by Crippen LogP contribution is 2.30. The quantitative estimate of drug-likeness (QED) is 0.482. The van der Waals surface area contributed by atoms with Crippen molar-refractivity contribution < 1.29 is 13.9 Å². The van der Waals surface area contributed by atoms with E-state index in [1.807, 2.05) is 36.4 Å². The van der Waals surface area contributed by atoms with E-state index in [0.717, 1.165) is 28.8 Å². The molecule has 0 aliphatic carbocycles. The van der Waals surface area contributed by atoms with Gasteiger partial charge in [0, 0.05) is 28.1 Å². The third-order valence-corrected chi connectivity index (χ3v) is 5.94. The molecule has 7 nitrogen and oxygen atoms in total. The minimum atomic E-state index is -0.181. The molecule has 0 bridgehead atoms. The number of nitrogens with one attached hydrogen (secondary N) is 1. The highest BCUT2D eigenvalue weighted by atomic mass is 79.9. The SMILES string of the molecule is O=C(CSc1nnc(-c2cccc(Br)c2)o1)Nc1cc(Cl)ccc1N1CCOCC1. The second kappa shape index (κ2) is 9.82. The van der Waals surface area contributed by atoms with E-state index < -0.39 is 0 Å². The molecule has 0 atom stereocenters. The average Bonchev–Trinajstić information content (AvgIpc) is 3.22. The van der Waals surface area contributed by atoms with Crippen LogP contribution in [0.3, 0.4) is 0 Å². The number of morpholine rings is 1. The molecule has 1 aliphatic heterocycles. The highest BCUT2D eigenvalue weighted by Gasteiger charge is 2.17. The predicted molar refractivity (Wildman–Crippen MR) is 121 cm³/mol. The number of thioether (sulfide) groups is 1. The molecule has 1 aromatic heterocycles. The smallest absolute Gasteiger partial charge is 0.277 e. The lowest BCUT2D eigenvalue weighted by atomic mass is 10.2. The van der Waals surface area contributed by atoms with Gasteiger partial charge < -0.3 is 19.4 Å². The second-order valence-electron chi connectivity index (χ2n) is 6.48. The summed E-state index contributed by atoms with van der Waals surface area (Å²) in [5.74, 6) is 0.359. The first-order chi connectivity index (χ1) is 14.6. The number of hydrogen-bond donors (Lipinski definition) is 1. The van der Waals surface area contributed by atoms with E-state index in [2.05, 4.69) is 36.3 Å². The molecular weight excluding hydrogens is 492 g/mol. The van der Waals surface area contributed by atoms with Crippen LogP contribution in [0.25, 0.3) is 11.5 Å². The van der Waals surface area contributed by atoms with Crippen LogP contribution in [-0.2, 0) is 9.53 Å². The monoisotopic (exact) mass is 508 g/mol. The predicted octanol–water partition coefficient (Wildman–Crippen LogP) is 4.72. The number of hydrogen-bond acceptors (Lipinski definition) is 7. The number of benzene rings is 2. The Morgan fingerprint density at radius 1 is 1.20 bits per heavy atom. The van der Waals surface area contributed by atoms with Gasteiger partial charge in [-0.15, -0.1) is 10.2 Å².